The smallest absolute Gasteiger partial charge is 0.246 e. The van der Waals surface area contributed by atoms with E-state index in [0.717, 1.165) is 18.1 Å². The van der Waals surface area contributed by atoms with E-state index in [-0.39, 0.29) is 6.61 Å². The Morgan fingerprint density at radius 2 is 1.18 bits per heavy atom. The lowest BCUT2D eigenvalue weighted by atomic mass is 10.9. The maximum atomic E-state index is 13.1. The van der Waals surface area contributed by atoms with E-state index in [1.165, 1.54) is 0 Å². The summed E-state index contributed by atoms with van der Waals surface area (Å²) in [6.07, 6.45) is 0. The first-order valence-electron chi connectivity index (χ1n) is 4.39. The fraction of sp³-hybridized carbons (Fsp3) is 1.00. The summed E-state index contributed by atoms with van der Waals surface area (Å²) in [5.74, 6) is 0. The fourth-order valence-electron chi connectivity index (χ4n) is 0.750. The van der Waals surface area contributed by atoms with Crippen LogP contribution in [0.5, 0.6) is 0 Å². The van der Waals surface area contributed by atoms with Gasteiger partial charge in [0.2, 0.25) is 8.41 Å². The molecular formula is C8H21FOSi. The second-order valence-corrected chi connectivity index (χ2v) is 6.95. The van der Waals surface area contributed by atoms with Gasteiger partial charge in [-0.15, -0.1) is 0 Å². The van der Waals surface area contributed by atoms with Crippen molar-refractivity contribution >= 4 is 8.41 Å². The molecule has 0 aromatic rings. The minimum Gasteiger partial charge on any atom is -0.397 e. The van der Waals surface area contributed by atoms with Crippen LogP contribution in [0, 0.1) is 0 Å². The second-order valence-electron chi connectivity index (χ2n) is 2.53. The van der Waals surface area contributed by atoms with Gasteiger partial charge in [0, 0.05) is 6.61 Å². The van der Waals surface area contributed by atoms with E-state index in [9.17, 15) is 4.11 Å². The van der Waals surface area contributed by atoms with Gasteiger partial charge in [0.25, 0.3) is 0 Å². The van der Waals surface area contributed by atoms with Crippen LogP contribution in [0.4, 0.5) is 4.11 Å². The maximum Gasteiger partial charge on any atom is 0.246 e. The Labute approximate surface area is 70.8 Å². The molecule has 0 atom stereocenters. The third-order valence-electron chi connectivity index (χ3n) is 1.90. The fourth-order valence-corrected chi connectivity index (χ4v) is 2.25. The van der Waals surface area contributed by atoms with Crippen molar-refractivity contribution in [2.45, 2.75) is 45.8 Å². The molecule has 0 aromatic carbocycles. The average Bonchev–Trinajstić information content (AvgIpc) is 2.05. The molecule has 0 bridgehead atoms. The van der Waals surface area contributed by atoms with Crippen LogP contribution in [0.15, 0.2) is 0 Å². The molecule has 1 nitrogen and oxygen atoms in total. The molecule has 11 heavy (non-hydrogen) atoms. The molecule has 0 heterocycles. The summed E-state index contributed by atoms with van der Waals surface area (Å²) in [6, 6.07) is 2.38. The predicted octanol–water partition coefficient (Wildman–Crippen LogP) is 2.96. The lowest BCUT2D eigenvalue weighted by molar-refractivity contribution is 0.318. The topological polar surface area (TPSA) is 20.2 Å². The van der Waals surface area contributed by atoms with Crippen LogP contribution < -0.4 is 0 Å². The number of rotatable bonds is 3. The normalized spacial score (nSPS) is 10.4. The van der Waals surface area contributed by atoms with Gasteiger partial charge in [0.05, 0.1) is 0 Å². The van der Waals surface area contributed by atoms with Crippen LogP contribution in [0.1, 0.15) is 27.7 Å². The standard InChI is InChI=1S/C6H15FSi.C2H6O/c1-4-8(7,5-2)6-3;1-2-3/h4-6H2,1-3H3;3H,2H2,1H3. The molecule has 0 aliphatic rings. The molecule has 0 radical (unpaired) electrons. The summed E-state index contributed by atoms with van der Waals surface area (Å²) < 4.78 is 13.1. The Morgan fingerprint density at radius 3 is 1.18 bits per heavy atom. The van der Waals surface area contributed by atoms with Gasteiger partial charge in [0.1, 0.15) is 0 Å². The molecule has 0 rings (SSSR count). The maximum absolute atomic E-state index is 13.1. The van der Waals surface area contributed by atoms with Crippen LogP contribution in [0.25, 0.3) is 0 Å². The zero-order valence-corrected chi connectivity index (χ0v) is 9.15. The summed E-state index contributed by atoms with van der Waals surface area (Å²) in [5, 5.41) is 7.57. The highest BCUT2D eigenvalue weighted by Gasteiger charge is 2.26. The van der Waals surface area contributed by atoms with Gasteiger partial charge < -0.3 is 9.21 Å². The first-order chi connectivity index (χ1) is 5.10. The third-order valence-corrected chi connectivity index (χ3v) is 5.70. The van der Waals surface area contributed by atoms with E-state index in [0.29, 0.717) is 0 Å². The summed E-state index contributed by atoms with van der Waals surface area (Å²) in [7, 11) is -2.17. The minimum atomic E-state index is -2.17. The van der Waals surface area contributed by atoms with Crippen molar-refractivity contribution < 1.29 is 9.21 Å². The van der Waals surface area contributed by atoms with Gasteiger partial charge in [-0.2, -0.15) is 0 Å². The van der Waals surface area contributed by atoms with E-state index in [4.69, 9.17) is 5.11 Å². The molecular weight excluding hydrogens is 159 g/mol. The van der Waals surface area contributed by atoms with Crippen LogP contribution in [-0.2, 0) is 0 Å². The van der Waals surface area contributed by atoms with Crippen LogP contribution >= 0.6 is 0 Å². The van der Waals surface area contributed by atoms with E-state index in [1.807, 2.05) is 20.8 Å². The molecule has 3 heteroatoms. The molecule has 70 valence electrons. The number of halogens is 1. The van der Waals surface area contributed by atoms with Crippen molar-refractivity contribution in [2.24, 2.45) is 0 Å². The monoisotopic (exact) mass is 180 g/mol. The van der Waals surface area contributed by atoms with E-state index >= 15 is 0 Å². The van der Waals surface area contributed by atoms with Gasteiger partial charge >= 0.3 is 0 Å². The van der Waals surface area contributed by atoms with Gasteiger partial charge in [0.15, 0.2) is 0 Å². The minimum absolute atomic E-state index is 0.250. The van der Waals surface area contributed by atoms with Gasteiger partial charge in [-0.3, -0.25) is 0 Å². The van der Waals surface area contributed by atoms with Crippen molar-refractivity contribution in [1.29, 1.82) is 0 Å². The highest BCUT2D eigenvalue weighted by Crippen LogP contribution is 2.20. The number of aliphatic hydroxyl groups is 1. The van der Waals surface area contributed by atoms with Crippen LogP contribution in [0.3, 0.4) is 0 Å². The Bertz CT molecular complexity index is 66.2. The zero-order chi connectivity index (χ0) is 9.33. The van der Waals surface area contributed by atoms with E-state index < -0.39 is 8.41 Å². The van der Waals surface area contributed by atoms with Crippen molar-refractivity contribution in [1.82, 2.24) is 0 Å². The molecule has 0 aliphatic heterocycles. The molecule has 0 saturated carbocycles. The van der Waals surface area contributed by atoms with Crippen LogP contribution in [-0.4, -0.2) is 20.1 Å². The first-order valence-corrected chi connectivity index (χ1v) is 6.89. The van der Waals surface area contributed by atoms with Gasteiger partial charge in [-0.05, 0) is 25.1 Å². The van der Waals surface area contributed by atoms with Gasteiger partial charge in [-0.25, -0.2) is 0 Å². The zero-order valence-electron chi connectivity index (χ0n) is 8.15. The first kappa shape index (κ1) is 13.7. The summed E-state index contributed by atoms with van der Waals surface area (Å²) >= 11 is 0. The summed E-state index contributed by atoms with van der Waals surface area (Å²) in [6.45, 7) is 7.80. The van der Waals surface area contributed by atoms with Gasteiger partial charge in [-0.1, -0.05) is 20.8 Å². The number of hydrogen-bond donors (Lipinski definition) is 1. The largest absolute Gasteiger partial charge is 0.397 e. The number of aliphatic hydroxyl groups excluding tert-OH is 1. The molecule has 0 aliphatic carbocycles. The molecule has 0 aromatic heterocycles. The SMILES string of the molecule is CCO.CC[Si](F)(CC)CC. The highest BCUT2D eigenvalue weighted by atomic mass is 28.4. The van der Waals surface area contributed by atoms with Crippen molar-refractivity contribution in [3.63, 3.8) is 0 Å². The molecule has 0 fully saturated rings. The molecule has 0 unspecified atom stereocenters. The molecule has 0 spiro atoms. The molecule has 0 amide bonds. The quantitative estimate of drug-likeness (QED) is 0.523. The lowest BCUT2D eigenvalue weighted by Crippen LogP contribution is -2.23. The van der Waals surface area contributed by atoms with Crippen molar-refractivity contribution in [2.75, 3.05) is 6.61 Å². The number of hydrogen-bond acceptors (Lipinski definition) is 1. The highest BCUT2D eigenvalue weighted by molar-refractivity contribution is 6.72. The summed E-state index contributed by atoms with van der Waals surface area (Å²) in [5.41, 5.74) is 0. The molecule has 1 N–H and O–H groups in total. The predicted molar refractivity (Wildman–Crippen MR) is 51.1 cm³/mol. The Kier molecular flexibility index (Phi) is 10.2. The second kappa shape index (κ2) is 8.21. The molecule has 0 saturated heterocycles. The van der Waals surface area contributed by atoms with E-state index in [2.05, 4.69) is 0 Å². The Morgan fingerprint density at radius 1 is 1.00 bits per heavy atom. The third kappa shape index (κ3) is 8.01. The Hall–Kier alpha value is 0.107. The lowest BCUT2D eigenvalue weighted by Gasteiger charge is -2.14. The summed E-state index contributed by atoms with van der Waals surface area (Å²) in [4.78, 5) is 0. The van der Waals surface area contributed by atoms with Crippen molar-refractivity contribution in [3.8, 4) is 0 Å². The Balaban J connectivity index is 0. The van der Waals surface area contributed by atoms with Crippen molar-refractivity contribution in [3.05, 3.63) is 0 Å². The van der Waals surface area contributed by atoms with E-state index in [1.54, 1.807) is 6.92 Å². The average molecular weight is 180 g/mol. The van der Waals surface area contributed by atoms with Crippen LogP contribution in [0.2, 0.25) is 18.1 Å².